The van der Waals surface area contributed by atoms with Gasteiger partial charge in [-0.2, -0.15) is 21.6 Å². The van der Waals surface area contributed by atoms with E-state index in [0.717, 1.165) is 7.11 Å². The van der Waals surface area contributed by atoms with Gasteiger partial charge in [0.15, 0.2) is 0 Å². The predicted molar refractivity (Wildman–Crippen MR) is 54.3 cm³/mol. The van der Waals surface area contributed by atoms with E-state index in [-0.39, 0.29) is 4.90 Å². The van der Waals surface area contributed by atoms with Gasteiger partial charge in [-0.1, -0.05) is 18.2 Å². The summed E-state index contributed by atoms with van der Waals surface area (Å²) in [5.41, 5.74) is 0. The Balaban J connectivity index is 0.000000360. The Hall–Kier alpha value is -1.61. The largest absolute Gasteiger partial charge is 0.490 e. The number of carboxylic acids is 1. The third-order valence-corrected chi connectivity index (χ3v) is 2.78. The normalized spacial score (nSPS) is 11.3. The highest BCUT2D eigenvalue weighted by Crippen LogP contribution is 2.13. The van der Waals surface area contributed by atoms with Gasteiger partial charge in [-0.25, -0.2) is 4.79 Å². The summed E-state index contributed by atoms with van der Waals surface area (Å²) in [5.74, 6) is -2.76. The lowest BCUT2D eigenvalue weighted by Crippen LogP contribution is -2.21. The maximum Gasteiger partial charge on any atom is 0.490 e. The van der Waals surface area contributed by atoms with Gasteiger partial charge in [-0.3, -0.25) is 4.18 Å². The summed E-state index contributed by atoms with van der Waals surface area (Å²) in [6.07, 6.45) is -5.08. The zero-order chi connectivity index (χ0) is 14.4. The van der Waals surface area contributed by atoms with Crippen LogP contribution in [0.25, 0.3) is 0 Å². The highest BCUT2D eigenvalue weighted by atomic mass is 32.2. The Kier molecular flexibility index (Phi) is 5.79. The molecular formula is C9H9F3O5S. The van der Waals surface area contributed by atoms with Gasteiger partial charge in [0, 0.05) is 0 Å². The second kappa shape index (κ2) is 6.36. The van der Waals surface area contributed by atoms with Crippen LogP contribution in [0, 0.1) is 0 Å². The number of hydrogen-bond acceptors (Lipinski definition) is 4. The molecule has 0 saturated carbocycles. The molecule has 0 radical (unpaired) electrons. The molecule has 0 fully saturated rings. The molecule has 9 heteroatoms. The van der Waals surface area contributed by atoms with Crippen molar-refractivity contribution in [2.75, 3.05) is 7.11 Å². The van der Waals surface area contributed by atoms with Crippen LogP contribution in [0.3, 0.4) is 0 Å². The molecule has 0 spiro atoms. The van der Waals surface area contributed by atoms with E-state index in [1.54, 1.807) is 18.2 Å². The maximum absolute atomic E-state index is 11.0. The van der Waals surface area contributed by atoms with Crippen LogP contribution in [0.4, 0.5) is 13.2 Å². The minimum atomic E-state index is -5.08. The highest BCUT2D eigenvalue weighted by molar-refractivity contribution is 7.86. The molecule has 0 amide bonds. The number of alkyl halides is 3. The van der Waals surface area contributed by atoms with Crippen molar-refractivity contribution in [2.24, 2.45) is 0 Å². The Morgan fingerprint density at radius 1 is 1.22 bits per heavy atom. The molecule has 102 valence electrons. The summed E-state index contributed by atoms with van der Waals surface area (Å²) in [6.45, 7) is 0. The Morgan fingerprint density at radius 3 is 1.89 bits per heavy atom. The molecule has 0 unspecified atom stereocenters. The van der Waals surface area contributed by atoms with Gasteiger partial charge in [0.2, 0.25) is 0 Å². The molecule has 1 N–H and O–H groups in total. The Labute approximate surface area is 101 Å². The molecule has 0 aromatic heterocycles. The van der Waals surface area contributed by atoms with E-state index >= 15 is 0 Å². The van der Waals surface area contributed by atoms with Crippen molar-refractivity contribution in [3.8, 4) is 0 Å². The molecule has 0 atom stereocenters. The van der Waals surface area contributed by atoms with Crippen molar-refractivity contribution in [1.82, 2.24) is 0 Å². The van der Waals surface area contributed by atoms with Crippen molar-refractivity contribution in [1.29, 1.82) is 0 Å². The second-order valence-electron chi connectivity index (χ2n) is 2.74. The first-order valence-corrected chi connectivity index (χ1v) is 5.68. The van der Waals surface area contributed by atoms with Gasteiger partial charge in [-0.05, 0) is 12.1 Å². The average Bonchev–Trinajstić information content (AvgIpc) is 2.30. The van der Waals surface area contributed by atoms with E-state index in [1.807, 2.05) is 0 Å². The third-order valence-electron chi connectivity index (χ3n) is 1.49. The van der Waals surface area contributed by atoms with Crippen LogP contribution in [0.5, 0.6) is 0 Å². The summed E-state index contributed by atoms with van der Waals surface area (Å²) >= 11 is 0. The quantitative estimate of drug-likeness (QED) is 0.836. The smallest absolute Gasteiger partial charge is 0.475 e. The van der Waals surface area contributed by atoms with E-state index in [2.05, 4.69) is 4.18 Å². The van der Waals surface area contributed by atoms with E-state index < -0.39 is 22.3 Å². The number of hydrogen-bond donors (Lipinski definition) is 1. The zero-order valence-electron chi connectivity index (χ0n) is 9.01. The lowest BCUT2D eigenvalue weighted by molar-refractivity contribution is -0.192. The second-order valence-corrected chi connectivity index (χ2v) is 4.45. The van der Waals surface area contributed by atoms with Crippen molar-refractivity contribution in [3.63, 3.8) is 0 Å². The minimum Gasteiger partial charge on any atom is -0.475 e. The van der Waals surface area contributed by atoms with Gasteiger partial charge >= 0.3 is 12.1 Å². The van der Waals surface area contributed by atoms with Crippen LogP contribution in [-0.4, -0.2) is 32.8 Å². The molecule has 0 aliphatic rings. The van der Waals surface area contributed by atoms with Gasteiger partial charge in [0.05, 0.1) is 12.0 Å². The molecule has 1 aromatic rings. The number of carbonyl (C=O) groups is 1. The first kappa shape index (κ1) is 16.4. The highest BCUT2D eigenvalue weighted by Gasteiger charge is 2.38. The van der Waals surface area contributed by atoms with E-state index in [0.29, 0.717) is 0 Å². The van der Waals surface area contributed by atoms with E-state index in [1.165, 1.54) is 12.1 Å². The number of halogens is 3. The van der Waals surface area contributed by atoms with E-state index in [9.17, 15) is 21.6 Å². The summed E-state index contributed by atoms with van der Waals surface area (Å²) in [4.78, 5) is 9.08. The molecule has 1 rings (SSSR count). The zero-order valence-corrected chi connectivity index (χ0v) is 9.83. The summed E-state index contributed by atoms with van der Waals surface area (Å²) in [6, 6.07) is 8.00. The minimum absolute atomic E-state index is 0.183. The van der Waals surface area contributed by atoms with Gasteiger partial charge in [0.25, 0.3) is 10.1 Å². The third kappa shape index (κ3) is 5.64. The molecule has 0 aliphatic carbocycles. The molecule has 0 heterocycles. The van der Waals surface area contributed by atoms with Crippen LogP contribution >= 0.6 is 0 Å². The first-order chi connectivity index (χ1) is 8.11. The molecule has 18 heavy (non-hydrogen) atoms. The van der Waals surface area contributed by atoms with Crippen LogP contribution < -0.4 is 0 Å². The van der Waals surface area contributed by atoms with Crippen molar-refractivity contribution >= 4 is 16.1 Å². The maximum atomic E-state index is 11.0. The lowest BCUT2D eigenvalue weighted by Gasteiger charge is -1.98. The number of rotatable bonds is 2. The van der Waals surface area contributed by atoms with Crippen LogP contribution in [-0.2, 0) is 19.1 Å². The fourth-order valence-electron chi connectivity index (χ4n) is 0.683. The van der Waals surface area contributed by atoms with Crippen molar-refractivity contribution in [3.05, 3.63) is 30.3 Å². The predicted octanol–water partition coefficient (Wildman–Crippen LogP) is 1.66. The fraction of sp³-hybridized carbons (Fsp3) is 0.222. The summed E-state index contributed by atoms with van der Waals surface area (Å²) < 4.78 is 58.0. The fourth-order valence-corrected chi connectivity index (χ4v) is 1.37. The first-order valence-electron chi connectivity index (χ1n) is 4.27. The number of aliphatic carboxylic acids is 1. The molecular weight excluding hydrogens is 277 g/mol. The van der Waals surface area contributed by atoms with Crippen molar-refractivity contribution < 1.29 is 35.7 Å². The molecule has 0 bridgehead atoms. The average molecular weight is 286 g/mol. The molecule has 0 saturated heterocycles. The Morgan fingerprint density at radius 2 is 1.61 bits per heavy atom. The van der Waals surface area contributed by atoms with Crippen LogP contribution in [0.2, 0.25) is 0 Å². The SMILES string of the molecule is COS(=O)(=O)c1ccccc1.O=C(O)C(F)(F)F. The topological polar surface area (TPSA) is 80.7 Å². The van der Waals surface area contributed by atoms with Crippen LogP contribution in [0.15, 0.2) is 35.2 Å². The van der Waals surface area contributed by atoms with E-state index in [4.69, 9.17) is 9.90 Å². The monoisotopic (exact) mass is 286 g/mol. The van der Waals surface area contributed by atoms with Gasteiger partial charge < -0.3 is 5.11 Å². The molecule has 5 nitrogen and oxygen atoms in total. The number of benzene rings is 1. The summed E-state index contributed by atoms with van der Waals surface area (Å²) in [5, 5.41) is 7.12. The standard InChI is InChI=1S/C7H8O3S.C2HF3O2/c1-10-11(8,9)7-5-3-2-4-6-7;3-2(4,5)1(6)7/h2-6H,1H3;(H,6,7). The summed E-state index contributed by atoms with van der Waals surface area (Å²) in [7, 11) is -2.36. The lowest BCUT2D eigenvalue weighted by atomic mass is 10.4. The molecule has 1 aromatic carbocycles. The van der Waals surface area contributed by atoms with Crippen molar-refractivity contribution in [2.45, 2.75) is 11.1 Å². The molecule has 0 aliphatic heterocycles. The van der Waals surface area contributed by atoms with Gasteiger partial charge in [-0.15, -0.1) is 0 Å². The number of carboxylic acid groups (broad SMARTS) is 1. The Bertz CT molecular complexity index is 481. The van der Waals surface area contributed by atoms with Gasteiger partial charge in [0.1, 0.15) is 0 Å². The van der Waals surface area contributed by atoms with Crippen LogP contribution in [0.1, 0.15) is 0 Å².